The molecule has 0 saturated heterocycles. The van der Waals surface area contributed by atoms with Gasteiger partial charge in [-0.15, -0.1) is 0 Å². The minimum absolute atomic E-state index is 0.191. The summed E-state index contributed by atoms with van der Waals surface area (Å²) in [5.74, 6) is -1.75. The van der Waals surface area contributed by atoms with Crippen LogP contribution in [0.4, 0.5) is 8.78 Å². The molecule has 19 heavy (non-hydrogen) atoms. The molecule has 108 valence electrons. The van der Waals surface area contributed by atoms with Crippen molar-refractivity contribution in [2.24, 2.45) is 5.73 Å². The summed E-state index contributed by atoms with van der Waals surface area (Å²) >= 11 is 0. The van der Waals surface area contributed by atoms with E-state index in [2.05, 4.69) is 0 Å². The van der Waals surface area contributed by atoms with E-state index in [0.29, 0.717) is 19.5 Å². The van der Waals surface area contributed by atoms with Crippen LogP contribution in [-0.4, -0.2) is 35.7 Å². The fourth-order valence-corrected chi connectivity index (χ4v) is 2.06. The van der Waals surface area contributed by atoms with Crippen LogP contribution in [0.25, 0.3) is 0 Å². The quantitative estimate of drug-likeness (QED) is 0.833. The SMILES string of the molecule is CN(CCC(N)c1cccc(F)c1F)CC(C)(C)O. The summed E-state index contributed by atoms with van der Waals surface area (Å²) in [7, 11) is 1.85. The number of rotatable bonds is 6. The van der Waals surface area contributed by atoms with Crippen LogP contribution in [0.2, 0.25) is 0 Å². The molecule has 1 aromatic rings. The van der Waals surface area contributed by atoms with Gasteiger partial charge in [0.2, 0.25) is 0 Å². The van der Waals surface area contributed by atoms with Crippen LogP contribution in [-0.2, 0) is 0 Å². The molecule has 1 unspecified atom stereocenters. The predicted molar refractivity (Wildman–Crippen MR) is 71.7 cm³/mol. The standard InChI is InChI=1S/C14H22F2N2O/c1-14(2,19)9-18(3)8-7-12(17)10-5-4-6-11(15)13(10)16/h4-6,12,19H,7-9,17H2,1-3H3. The Morgan fingerprint density at radius 1 is 1.37 bits per heavy atom. The Morgan fingerprint density at radius 3 is 2.58 bits per heavy atom. The largest absolute Gasteiger partial charge is 0.389 e. The lowest BCUT2D eigenvalue weighted by Crippen LogP contribution is -2.37. The van der Waals surface area contributed by atoms with E-state index in [0.717, 1.165) is 6.07 Å². The first-order valence-corrected chi connectivity index (χ1v) is 6.31. The summed E-state index contributed by atoms with van der Waals surface area (Å²) in [6.07, 6.45) is 0.493. The van der Waals surface area contributed by atoms with Gasteiger partial charge in [-0.3, -0.25) is 0 Å². The third kappa shape index (κ3) is 5.22. The Bertz CT molecular complexity index is 418. The predicted octanol–water partition coefficient (Wildman–Crippen LogP) is 2.06. The molecule has 0 saturated carbocycles. The first kappa shape index (κ1) is 16.0. The highest BCUT2D eigenvalue weighted by Gasteiger charge is 2.18. The van der Waals surface area contributed by atoms with Gasteiger partial charge in [0.25, 0.3) is 0 Å². The average molecular weight is 272 g/mol. The summed E-state index contributed by atoms with van der Waals surface area (Å²) in [4.78, 5) is 1.91. The van der Waals surface area contributed by atoms with E-state index in [1.54, 1.807) is 13.8 Å². The van der Waals surface area contributed by atoms with E-state index < -0.39 is 23.3 Å². The highest BCUT2D eigenvalue weighted by Crippen LogP contribution is 2.20. The molecule has 0 amide bonds. The van der Waals surface area contributed by atoms with Gasteiger partial charge in [-0.1, -0.05) is 12.1 Å². The summed E-state index contributed by atoms with van der Waals surface area (Å²) < 4.78 is 26.6. The molecular formula is C14H22F2N2O. The van der Waals surface area contributed by atoms with E-state index in [9.17, 15) is 13.9 Å². The topological polar surface area (TPSA) is 49.5 Å². The lowest BCUT2D eigenvalue weighted by atomic mass is 10.0. The lowest BCUT2D eigenvalue weighted by Gasteiger charge is -2.26. The fourth-order valence-electron chi connectivity index (χ4n) is 2.06. The molecule has 3 nitrogen and oxygen atoms in total. The Morgan fingerprint density at radius 2 is 2.00 bits per heavy atom. The Labute approximate surface area is 113 Å². The van der Waals surface area contributed by atoms with Gasteiger partial charge in [-0.2, -0.15) is 0 Å². The molecule has 1 rings (SSSR count). The molecular weight excluding hydrogens is 250 g/mol. The normalized spacial score (nSPS) is 13.9. The molecule has 0 aromatic heterocycles. The summed E-state index contributed by atoms with van der Waals surface area (Å²) in [5.41, 5.74) is 5.28. The molecule has 1 aromatic carbocycles. The van der Waals surface area contributed by atoms with Crippen molar-refractivity contribution in [3.63, 3.8) is 0 Å². The molecule has 0 aliphatic rings. The summed E-state index contributed by atoms with van der Waals surface area (Å²) in [5, 5.41) is 9.67. The number of nitrogens with two attached hydrogens (primary N) is 1. The molecule has 1 atom stereocenters. The maximum absolute atomic E-state index is 13.5. The number of halogens is 2. The Balaban J connectivity index is 2.56. The fraction of sp³-hybridized carbons (Fsp3) is 0.571. The van der Waals surface area contributed by atoms with Crippen LogP contribution in [0.15, 0.2) is 18.2 Å². The minimum Gasteiger partial charge on any atom is -0.389 e. The highest BCUT2D eigenvalue weighted by atomic mass is 19.2. The van der Waals surface area contributed by atoms with Crippen molar-refractivity contribution in [3.05, 3.63) is 35.4 Å². The van der Waals surface area contributed by atoms with Crippen LogP contribution >= 0.6 is 0 Å². The van der Waals surface area contributed by atoms with Crippen LogP contribution in [0.3, 0.4) is 0 Å². The molecule has 0 aliphatic heterocycles. The van der Waals surface area contributed by atoms with Crippen molar-refractivity contribution < 1.29 is 13.9 Å². The number of hydrogen-bond acceptors (Lipinski definition) is 3. The Kier molecular flexibility index (Phi) is 5.40. The second kappa shape index (κ2) is 6.41. The summed E-state index contributed by atoms with van der Waals surface area (Å²) in [6.45, 7) is 4.53. The van der Waals surface area contributed by atoms with E-state index in [1.807, 2.05) is 11.9 Å². The molecule has 0 radical (unpaired) electrons. The molecule has 0 heterocycles. The maximum atomic E-state index is 13.5. The average Bonchev–Trinajstić information content (AvgIpc) is 2.27. The Hall–Kier alpha value is -1.04. The molecule has 5 heteroatoms. The highest BCUT2D eigenvalue weighted by molar-refractivity contribution is 5.22. The van der Waals surface area contributed by atoms with E-state index >= 15 is 0 Å². The van der Waals surface area contributed by atoms with Gasteiger partial charge in [-0.25, -0.2) is 8.78 Å². The van der Waals surface area contributed by atoms with Crippen LogP contribution in [0.1, 0.15) is 31.9 Å². The van der Waals surface area contributed by atoms with Gasteiger partial charge in [0, 0.05) is 18.2 Å². The second-order valence-corrected chi connectivity index (χ2v) is 5.59. The smallest absolute Gasteiger partial charge is 0.163 e. The van der Waals surface area contributed by atoms with Crippen molar-refractivity contribution in [2.75, 3.05) is 20.1 Å². The monoisotopic (exact) mass is 272 g/mol. The second-order valence-electron chi connectivity index (χ2n) is 5.59. The third-order valence-corrected chi connectivity index (χ3v) is 2.86. The first-order valence-electron chi connectivity index (χ1n) is 6.31. The van der Waals surface area contributed by atoms with E-state index in [1.165, 1.54) is 12.1 Å². The molecule has 0 spiro atoms. The van der Waals surface area contributed by atoms with Gasteiger partial charge in [0.1, 0.15) is 0 Å². The number of likely N-dealkylation sites (N-methyl/N-ethyl adjacent to an activating group) is 1. The zero-order valence-electron chi connectivity index (χ0n) is 11.7. The van der Waals surface area contributed by atoms with Gasteiger partial charge in [-0.05, 0) is 39.9 Å². The van der Waals surface area contributed by atoms with Gasteiger partial charge in [0.05, 0.1) is 5.60 Å². The molecule has 0 bridgehead atoms. The van der Waals surface area contributed by atoms with Crippen LogP contribution in [0.5, 0.6) is 0 Å². The minimum atomic E-state index is -0.877. The van der Waals surface area contributed by atoms with E-state index in [-0.39, 0.29) is 5.56 Å². The molecule has 3 N–H and O–H groups in total. The van der Waals surface area contributed by atoms with Crippen molar-refractivity contribution in [1.29, 1.82) is 0 Å². The lowest BCUT2D eigenvalue weighted by molar-refractivity contribution is 0.0438. The van der Waals surface area contributed by atoms with Gasteiger partial charge >= 0.3 is 0 Å². The zero-order chi connectivity index (χ0) is 14.6. The zero-order valence-corrected chi connectivity index (χ0v) is 11.7. The molecule has 0 aliphatic carbocycles. The molecule has 0 fully saturated rings. The number of nitrogens with zero attached hydrogens (tertiary/aromatic N) is 1. The number of hydrogen-bond donors (Lipinski definition) is 2. The third-order valence-electron chi connectivity index (χ3n) is 2.86. The van der Waals surface area contributed by atoms with Crippen molar-refractivity contribution in [1.82, 2.24) is 4.90 Å². The van der Waals surface area contributed by atoms with E-state index in [4.69, 9.17) is 5.73 Å². The summed E-state index contributed by atoms with van der Waals surface area (Å²) in [6, 6.07) is 3.47. The van der Waals surface area contributed by atoms with Gasteiger partial charge in [0.15, 0.2) is 11.6 Å². The van der Waals surface area contributed by atoms with Crippen molar-refractivity contribution >= 4 is 0 Å². The van der Waals surface area contributed by atoms with Crippen molar-refractivity contribution in [3.8, 4) is 0 Å². The first-order chi connectivity index (χ1) is 8.70. The van der Waals surface area contributed by atoms with Gasteiger partial charge < -0.3 is 15.7 Å². The van der Waals surface area contributed by atoms with Crippen LogP contribution < -0.4 is 5.73 Å². The van der Waals surface area contributed by atoms with Crippen LogP contribution in [0, 0.1) is 11.6 Å². The number of aliphatic hydroxyl groups is 1. The maximum Gasteiger partial charge on any atom is 0.163 e. The number of benzene rings is 1. The van der Waals surface area contributed by atoms with Crippen molar-refractivity contribution in [2.45, 2.75) is 31.9 Å².